The third-order valence-electron chi connectivity index (χ3n) is 2.81. The molecule has 0 spiro atoms. The highest BCUT2D eigenvalue weighted by Crippen LogP contribution is 2.17. The Morgan fingerprint density at radius 2 is 2.20 bits per heavy atom. The predicted molar refractivity (Wildman–Crippen MR) is 73.1 cm³/mol. The van der Waals surface area contributed by atoms with E-state index in [4.69, 9.17) is 15.5 Å². The van der Waals surface area contributed by atoms with Gasteiger partial charge in [-0.2, -0.15) is 4.98 Å². The molecule has 20 heavy (non-hydrogen) atoms. The third-order valence-corrected chi connectivity index (χ3v) is 2.81. The lowest BCUT2D eigenvalue weighted by Gasteiger charge is -2.17. The first kappa shape index (κ1) is 14.0. The van der Waals surface area contributed by atoms with Crippen molar-refractivity contribution in [2.45, 2.75) is 25.9 Å². The SMILES string of the molecule is Cc1noc(CNC(CC(N)=NO)c2ccccc2)n1. The van der Waals surface area contributed by atoms with Crippen molar-refractivity contribution < 1.29 is 9.73 Å². The molecule has 1 atom stereocenters. The summed E-state index contributed by atoms with van der Waals surface area (Å²) in [4.78, 5) is 4.12. The maximum Gasteiger partial charge on any atom is 0.240 e. The van der Waals surface area contributed by atoms with Crippen molar-refractivity contribution in [2.75, 3.05) is 0 Å². The number of hydrogen-bond acceptors (Lipinski definition) is 6. The molecule has 0 aliphatic carbocycles. The van der Waals surface area contributed by atoms with Crippen molar-refractivity contribution in [2.24, 2.45) is 10.9 Å². The summed E-state index contributed by atoms with van der Waals surface area (Å²) >= 11 is 0. The second-order valence-electron chi connectivity index (χ2n) is 4.37. The van der Waals surface area contributed by atoms with E-state index >= 15 is 0 Å². The molecule has 0 radical (unpaired) electrons. The van der Waals surface area contributed by atoms with Gasteiger partial charge < -0.3 is 20.8 Å². The second-order valence-corrected chi connectivity index (χ2v) is 4.37. The van der Waals surface area contributed by atoms with Crippen LogP contribution in [0.5, 0.6) is 0 Å². The normalized spacial score (nSPS) is 13.3. The lowest BCUT2D eigenvalue weighted by atomic mass is 10.0. The minimum atomic E-state index is -0.0979. The zero-order valence-electron chi connectivity index (χ0n) is 11.2. The molecule has 7 nitrogen and oxygen atoms in total. The number of oxime groups is 1. The maximum absolute atomic E-state index is 8.71. The Hall–Kier alpha value is -2.41. The van der Waals surface area contributed by atoms with Crippen molar-refractivity contribution in [1.82, 2.24) is 15.5 Å². The zero-order chi connectivity index (χ0) is 14.4. The minimum absolute atomic E-state index is 0.0979. The fourth-order valence-electron chi connectivity index (χ4n) is 1.87. The average molecular weight is 275 g/mol. The molecule has 7 heteroatoms. The van der Waals surface area contributed by atoms with Crippen LogP contribution in [0.15, 0.2) is 40.0 Å². The van der Waals surface area contributed by atoms with Crippen LogP contribution in [-0.2, 0) is 6.54 Å². The van der Waals surface area contributed by atoms with Gasteiger partial charge in [0.25, 0.3) is 0 Å². The van der Waals surface area contributed by atoms with Gasteiger partial charge in [0.2, 0.25) is 5.89 Å². The summed E-state index contributed by atoms with van der Waals surface area (Å²) in [7, 11) is 0. The van der Waals surface area contributed by atoms with E-state index in [-0.39, 0.29) is 11.9 Å². The number of amidine groups is 1. The van der Waals surface area contributed by atoms with Crippen molar-refractivity contribution in [1.29, 1.82) is 0 Å². The molecule has 0 fully saturated rings. The first-order valence-corrected chi connectivity index (χ1v) is 6.23. The third kappa shape index (κ3) is 3.79. The molecule has 4 N–H and O–H groups in total. The average Bonchev–Trinajstić information content (AvgIpc) is 2.89. The molecule has 1 aromatic carbocycles. The minimum Gasteiger partial charge on any atom is -0.409 e. The van der Waals surface area contributed by atoms with E-state index < -0.39 is 0 Å². The van der Waals surface area contributed by atoms with Crippen molar-refractivity contribution in [3.63, 3.8) is 0 Å². The molecular weight excluding hydrogens is 258 g/mol. The van der Waals surface area contributed by atoms with Crippen LogP contribution < -0.4 is 11.1 Å². The molecule has 0 aliphatic heterocycles. The van der Waals surface area contributed by atoms with Gasteiger partial charge in [0.05, 0.1) is 6.54 Å². The molecule has 0 amide bonds. The Bertz CT molecular complexity index is 567. The molecule has 2 aromatic rings. The maximum atomic E-state index is 8.71. The second kappa shape index (κ2) is 6.67. The van der Waals surface area contributed by atoms with Crippen LogP contribution in [0.3, 0.4) is 0 Å². The summed E-state index contributed by atoms with van der Waals surface area (Å²) in [6, 6.07) is 9.66. The Labute approximate surface area is 116 Å². The highest BCUT2D eigenvalue weighted by atomic mass is 16.5. The van der Waals surface area contributed by atoms with Crippen LogP contribution in [0.2, 0.25) is 0 Å². The number of benzene rings is 1. The quantitative estimate of drug-likeness (QED) is 0.318. The fraction of sp³-hybridized carbons (Fsp3) is 0.308. The van der Waals surface area contributed by atoms with Gasteiger partial charge in [-0.1, -0.05) is 40.6 Å². The summed E-state index contributed by atoms with van der Waals surface area (Å²) in [5.41, 5.74) is 6.63. The fourth-order valence-corrected chi connectivity index (χ4v) is 1.87. The van der Waals surface area contributed by atoms with Crippen molar-refractivity contribution >= 4 is 5.84 Å². The van der Waals surface area contributed by atoms with E-state index in [1.807, 2.05) is 30.3 Å². The molecule has 2 rings (SSSR count). The van der Waals surface area contributed by atoms with Gasteiger partial charge in [-0.15, -0.1) is 0 Å². The van der Waals surface area contributed by atoms with E-state index in [1.165, 1.54) is 0 Å². The van der Waals surface area contributed by atoms with E-state index in [0.29, 0.717) is 24.7 Å². The first-order chi connectivity index (χ1) is 9.69. The van der Waals surface area contributed by atoms with Crippen LogP contribution >= 0.6 is 0 Å². The van der Waals surface area contributed by atoms with Gasteiger partial charge in [-0.3, -0.25) is 0 Å². The molecule has 1 heterocycles. The van der Waals surface area contributed by atoms with Crippen LogP contribution in [0.25, 0.3) is 0 Å². The highest BCUT2D eigenvalue weighted by Gasteiger charge is 2.14. The van der Waals surface area contributed by atoms with Gasteiger partial charge in [0.15, 0.2) is 5.82 Å². The number of nitrogens with one attached hydrogen (secondary N) is 1. The van der Waals surface area contributed by atoms with Gasteiger partial charge in [0.1, 0.15) is 5.84 Å². The van der Waals surface area contributed by atoms with Crippen LogP contribution in [-0.4, -0.2) is 21.2 Å². The molecule has 0 bridgehead atoms. The molecule has 106 valence electrons. The Balaban J connectivity index is 2.06. The summed E-state index contributed by atoms with van der Waals surface area (Å²) in [6.45, 7) is 2.18. The van der Waals surface area contributed by atoms with E-state index in [1.54, 1.807) is 6.92 Å². The monoisotopic (exact) mass is 275 g/mol. The van der Waals surface area contributed by atoms with Gasteiger partial charge in [-0.25, -0.2) is 0 Å². The lowest BCUT2D eigenvalue weighted by Crippen LogP contribution is -2.26. The van der Waals surface area contributed by atoms with E-state index in [0.717, 1.165) is 5.56 Å². The van der Waals surface area contributed by atoms with Gasteiger partial charge >= 0.3 is 0 Å². The van der Waals surface area contributed by atoms with Gasteiger partial charge in [-0.05, 0) is 12.5 Å². The number of nitrogens with two attached hydrogens (primary N) is 1. The molecule has 1 aromatic heterocycles. The van der Waals surface area contributed by atoms with Crippen LogP contribution in [0, 0.1) is 6.92 Å². The summed E-state index contributed by atoms with van der Waals surface area (Å²) in [6.07, 6.45) is 0.383. The van der Waals surface area contributed by atoms with Crippen molar-refractivity contribution in [3.8, 4) is 0 Å². The number of aromatic nitrogens is 2. The summed E-state index contributed by atoms with van der Waals surface area (Å²) in [5.74, 6) is 1.26. The smallest absolute Gasteiger partial charge is 0.240 e. The first-order valence-electron chi connectivity index (χ1n) is 6.23. The number of rotatable bonds is 6. The standard InChI is InChI=1S/C13H17N5O2/c1-9-16-13(20-18-9)8-15-11(7-12(14)17-19)10-5-3-2-4-6-10/h2-6,11,15,19H,7-8H2,1H3,(H2,14,17). The lowest BCUT2D eigenvalue weighted by molar-refractivity contribution is 0.315. The van der Waals surface area contributed by atoms with Gasteiger partial charge in [0, 0.05) is 12.5 Å². The number of aryl methyl sites for hydroxylation is 1. The molecule has 0 saturated carbocycles. The highest BCUT2D eigenvalue weighted by molar-refractivity contribution is 5.80. The van der Waals surface area contributed by atoms with Crippen LogP contribution in [0.1, 0.15) is 29.7 Å². The molecule has 0 aliphatic rings. The summed E-state index contributed by atoms with van der Waals surface area (Å²) < 4.78 is 5.05. The largest absolute Gasteiger partial charge is 0.409 e. The predicted octanol–water partition coefficient (Wildman–Crippen LogP) is 1.35. The number of nitrogens with zero attached hydrogens (tertiary/aromatic N) is 3. The molecule has 0 saturated heterocycles. The zero-order valence-corrected chi connectivity index (χ0v) is 11.2. The Morgan fingerprint density at radius 3 is 2.80 bits per heavy atom. The topological polar surface area (TPSA) is 110 Å². The van der Waals surface area contributed by atoms with Crippen molar-refractivity contribution in [3.05, 3.63) is 47.6 Å². The van der Waals surface area contributed by atoms with E-state index in [9.17, 15) is 0 Å². The Morgan fingerprint density at radius 1 is 1.45 bits per heavy atom. The number of hydrogen-bond donors (Lipinski definition) is 3. The van der Waals surface area contributed by atoms with Crippen LogP contribution in [0.4, 0.5) is 0 Å². The van der Waals surface area contributed by atoms with E-state index in [2.05, 4.69) is 20.6 Å². The molecular formula is C13H17N5O2. The Kier molecular flexibility index (Phi) is 4.67. The molecule has 1 unspecified atom stereocenters. The summed E-state index contributed by atoms with van der Waals surface area (Å²) in [5, 5.41) is 18.7.